The van der Waals surface area contributed by atoms with Gasteiger partial charge in [0.25, 0.3) is 16.9 Å². The molecule has 0 radical (unpaired) electrons. The zero-order valence-corrected chi connectivity index (χ0v) is 21.3. The third-order valence-electron chi connectivity index (χ3n) is 5.84. The van der Waals surface area contributed by atoms with Crippen molar-refractivity contribution in [2.24, 2.45) is 5.73 Å². The maximum Gasteiger partial charge on any atom is 0.338 e. The molecule has 0 spiro atoms. The number of non-ortho nitro benzene ring substituents is 2. The second-order valence-corrected chi connectivity index (χ2v) is 9.15. The third kappa shape index (κ3) is 4.92. The highest BCUT2D eigenvalue weighted by Gasteiger charge is 2.40. The second-order valence-electron chi connectivity index (χ2n) is 8.12. The van der Waals surface area contributed by atoms with Gasteiger partial charge in [0.2, 0.25) is 0 Å². The van der Waals surface area contributed by atoms with Crippen molar-refractivity contribution >= 4 is 52.1 Å². The van der Waals surface area contributed by atoms with Gasteiger partial charge in [0, 0.05) is 24.3 Å². The fourth-order valence-electron chi connectivity index (χ4n) is 4.19. The number of aromatic nitrogens is 1. The van der Waals surface area contributed by atoms with Gasteiger partial charge in [-0.05, 0) is 24.1 Å². The fraction of sp³-hybridized carbons (Fsp3) is 0.160. The van der Waals surface area contributed by atoms with Crippen molar-refractivity contribution in [3.63, 3.8) is 0 Å². The molecule has 1 aromatic heterocycles. The molecule has 0 saturated carbocycles. The molecule has 1 unspecified atom stereocenters. The molecule has 4 rings (SSSR count). The number of fused-ring (bicyclic) bond motifs is 1. The van der Waals surface area contributed by atoms with Gasteiger partial charge in [-0.3, -0.25) is 29.6 Å². The van der Waals surface area contributed by atoms with Crippen LogP contribution in [0.25, 0.3) is 17.5 Å². The van der Waals surface area contributed by atoms with E-state index in [-0.39, 0.29) is 49.7 Å². The molecular weight excluding hydrogens is 532 g/mol. The minimum atomic E-state index is -1.26. The van der Waals surface area contributed by atoms with E-state index in [0.717, 1.165) is 23.0 Å². The van der Waals surface area contributed by atoms with Crippen LogP contribution >= 0.6 is 11.3 Å². The van der Waals surface area contributed by atoms with E-state index in [1.54, 1.807) is 13.0 Å². The molecule has 0 aliphatic carbocycles. The molecule has 14 heteroatoms. The topological polar surface area (TPSA) is 187 Å². The summed E-state index contributed by atoms with van der Waals surface area (Å²) in [4.78, 5) is 61.2. The van der Waals surface area contributed by atoms with Crippen molar-refractivity contribution in [2.45, 2.75) is 12.8 Å². The van der Waals surface area contributed by atoms with Crippen molar-refractivity contribution in [1.82, 2.24) is 4.57 Å². The first kappa shape index (κ1) is 26.9. The molecule has 13 nitrogen and oxygen atoms in total. The zero-order valence-electron chi connectivity index (χ0n) is 20.5. The highest BCUT2D eigenvalue weighted by Crippen LogP contribution is 2.38. The van der Waals surface area contributed by atoms with E-state index in [4.69, 9.17) is 15.2 Å². The van der Waals surface area contributed by atoms with Gasteiger partial charge < -0.3 is 15.2 Å². The van der Waals surface area contributed by atoms with Crippen LogP contribution in [0.5, 0.6) is 0 Å². The van der Waals surface area contributed by atoms with Gasteiger partial charge in [0.05, 0.1) is 45.2 Å². The van der Waals surface area contributed by atoms with Crippen molar-refractivity contribution in [2.75, 3.05) is 13.7 Å². The number of esters is 2. The first-order valence-corrected chi connectivity index (χ1v) is 12.1. The number of nitro groups is 2. The number of carbonyl (C=O) groups is 2. The van der Waals surface area contributed by atoms with Gasteiger partial charge in [-0.25, -0.2) is 9.59 Å². The van der Waals surface area contributed by atoms with Gasteiger partial charge in [0.1, 0.15) is 10.5 Å². The van der Waals surface area contributed by atoms with Crippen LogP contribution in [0.3, 0.4) is 0 Å². The lowest BCUT2D eigenvalue weighted by Crippen LogP contribution is -2.41. The smallest absolute Gasteiger partial charge is 0.338 e. The van der Waals surface area contributed by atoms with Crippen LogP contribution in [0.1, 0.15) is 24.0 Å². The molecule has 0 saturated heterocycles. The van der Waals surface area contributed by atoms with E-state index >= 15 is 0 Å². The number of nitro benzene ring substituents is 2. The Morgan fingerprint density at radius 3 is 2.31 bits per heavy atom. The van der Waals surface area contributed by atoms with Gasteiger partial charge >= 0.3 is 11.9 Å². The monoisotopic (exact) mass is 552 g/mol. The predicted octanol–water partition coefficient (Wildman–Crippen LogP) is 1.37. The normalized spacial score (nSPS) is 15.1. The highest BCUT2D eigenvalue weighted by atomic mass is 32.1. The third-order valence-corrected chi connectivity index (χ3v) is 6.95. The lowest BCUT2D eigenvalue weighted by atomic mass is 9.83. The standard InChI is InChI=1S/C25H20N4O9S/c1-3-38-25(32)19-18(14-7-5-9-16(12-14)29(35)36)20(24(31)37-2)23-27(21(19)26)22(30)17(39-23)11-13-6-4-8-15(10-13)28(33)34/h4-12,18H,3,26H2,1-2H3/b17-11-. The Balaban J connectivity index is 2.11. The maximum atomic E-state index is 13.5. The Labute approximate surface area is 223 Å². The molecule has 2 aromatic carbocycles. The van der Waals surface area contributed by atoms with E-state index < -0.39 is 33.3 Å². The molecule has 0 fully saturated rings. The SMILES string of the molecule is CCOC(=O)C1=C(N)n2c(s/c(=C\c3cccc([N+](=O)[O-])c3)c2=O)=C(C(=O)OC)C1c1cccc([N+](=O)[O-])c1. The molecule has 0 amide bonds. The van der Waals surface area contributed by atoms with Crippen LogP contribution in [0.2, 0.25) is 0 Å². The average molecular weight is 553 g/mol. The van der Waals surface area contributed by atoms with Crippen molar-refractivity contribution in [3.05, 3.63) is 105 Å². The van der Waals surface area contributed by atoms with Crippen LogP contribution in [0.4, 0.5) is 11.4 Å². The summed E-state index contributed by atoms with van der Waals surface area (Å²) >= 11 is 0.850. The van der Waals surface area contributed by atoms with Gasteiger partial charge in [-0.15, -0.1) is 11.3 Å². The quantitative estimate of drug-likeness (QED) is 0.255. The molecule has 0 bridgehead atoms. The minimum Gasteiger partial charge on any atom is -0.466 e. The first-order chi connectivity index (χ1) is 18.6. The summed E-state index contributed by atoms with van der Waals surface area (Å²) in [5, 5.41) is 22.6. The average Bonchev–Trinajstić information content (AvgIpc) is 3.23. The largest absolute Gasteiger partial charge is 0.466 e. The summed E-state index contributed by atoms with van der Waals surface area (Å²) in [6.07, 6.45) is 1.39. The molecule has 1 aliphatic rings. The van der Waals surface area contributed by atoms with Crippen LogP contribution in [0.15, 0.2) is 58.9 Å². The van der Waals surface area contributed by atoms with Crippen LogP contribution < -0.4 is 20.5 Å². The van der Waals surface area contributed by atoms with Crippen LogP contribution in [-0.2, 0) is 19.1 Å². The van der Waals surface area contributed by atoms with Gasteiger partial charge in [-0.2, -0.15) is 0 Å². The maximum absolute atomic E-state index is 13.5. The summed E-state index contributed by atoms with van der Waals surface area (Å²) in [7, 11) is 1.11. The van der Waals surface area contributed by atoms with Crippen LogP contribution in [0, 0.1) is 20.2 Å². The Morgan fingerprint density at radius 1 is 1.05 bits per heavy atom. The molecule has 1 aliphatic heterocycles. The number of hydrogen-bond donors (Lipinski definition) is 1. The second kappa shape index (κ2) is 10.7. The molecule has 2 heterocycles. The number of rotatable bonds is 7. The summed E-state index contributed by atoms with van der Waals surface area (Å²) in [6, 6.07) is 10.9. The number of benzene rings is 2. The fourth-order valence-corrected chi connectivity index (χ4v) is 5.36. The van der Waals surface area contributed by atoms with E-state index in [2.05, 4.69) is 0 Å². The highest BCUT2D eigenvalue weighted by molar-refractivity contribution is 7.07. The van der Waals surface area contributed by atoms with E-state index in [1.807, 2.05) is 0 Å². The molecule has 1 atom stereocenters. The Morgan fingerprint density at radius 2 is 1.69 bits per heavy atom. The number of nitrogens with two attached hydrogens (primary N) is 1. The van der Waals surface area contributed by atoms with Crippen molar-refractivity contribution in [3.8, 4) is 0 Å². The summed E-state index contributed by atoms with van der Waals surface area (Å²) in [5.74, 6) is -3.42. The van der Waals surface area contributed by atoms with Gasteiger partial charge in [0.15, 0.2) is 0 Å². The number of carbonyl (C=O) groups excluding carboxylic acids is 2. The lowest BCUT2D eigenvalue weighted by Gasteiger charge is -2.26. The molecule has 200 valence electrons. The molecule has 2 N–H and O–H groups in total. The van der Waals surface area contributed by atoms with Gasteiger partial charge in [-0.1, -0.05) is 24.3 Å². The summed E-state index contributed by atoms with van der Waals surface area (Å²) in [5.41, 5.74) is 5.26. The number of nitrogens with zero attached hydrogens (tertiary/aromatic N) is 3. The Hall–Kier alpha value is -5.11. The van der Waals surface area contributed by atoms with Crippen LogP contribution in [-0.4, -0.2) is 40.1 Å². The number of thiazole rings is 1. The van der Waals surface area contributed by atoms with Crippen molar-refractivity contribution < 1.29 is 28.9 Å². The Kier molecular flexibility index (Phi) is 7.40. The molecular formula is C25H20N4O9S. The summed E-state index contributed by atoms with van der Waals surface area (Å²) < 4.78 is 11.2. The number of hydrogen-bond acceptors (Lipinski definition) is 11. The lowest BCUT2D eigenvalue weighted by molar-refractivity contribution is -0.385. The number of methoxy groups -OCH3 is 1. The first-order valence-electron chi connectivity index (χ1n) is 11.3. The van der Waals surface area contributed by atoms with E-state index in [9.17, 15) is 34.6 Å². The Bertz CT molecular complexity index is 1750. The van der Waals surface area contributed by atoms with E-state index in [1.165, 1.54) is 48.5 Å². The molecule has 3 aromatic rings. The van der Waals surface area contributed by atoms with E-state index in [0.29, 0.717) is 5.56 Å². The minimum absolute atomic E-state index is 0.0329. The predicted molar refractivity (Wildman–Crippen MR) is 140 cm³/mol. The number of ether oxygens (including phenoxy) is 2. The zero-order chi connectivity index (χ0) is 28.4. The molecule has 39 heavy (non-hydrogen) atoms. The summed E-state index contributed by atoms with van der Waals surface area (Å²) in [6.45, 7) is 1.50. The van der Waals surface area contributed by atoms with Crippen molar-refractivity contribution in [1.29, 1.82) is 0 Å².